The van der Waals surface area contributed by atoms with Crippen LogP contribution in [0.5, 0.6) is 0 Å². The van der Waals surface area contributed by atoms with Crippen LogP contribution in [0.1, 0.15) is 5.56 Å². The van der Waals surface area contributed by atoms with Gasteiger partial charge in [-0.25, -0.2) is 9.37 Å². The number of allylic oxidation sites excluding steroid dienone is 1. The average molecular weight is 285 g/mol. The molecule has 0 amide bonds. The molecule has 2 aromatic rings. The van der Waals surface area contributed by atoms with Gasteiger partial charge in [-0.1, -0.05) is 0 Å². The minimum absolute atomic E-state index is 0.219. The molecule has 0 atom stereocenters. The Labute approximate surface area is 122 Å². The first kappa shape index (κ1) is 14.5. The number of nitrogens with one attached hydrogen (secondary N) is 2. The quantitative estimate of drug-likeness (QED) is 0.511. The number of nitrogens with two attached hydrogens (primary N) is 2. The fraction of sp³-hybridized carbons (Fsp3) is 0.0667. The molecule has 0 aliphatic carbocycles. The van der Waals surface area contributed by atoms with Gasteiger partial charge in [-0.3, -0.25) is 0 Å². The lowest BCUT2D eigenvalue weighted by atomic mass is 10.0. The van der Waals surface area contributed by atoms with Crippen LogP contribution >= 0.6 is 0 Å². The van der Waals surface area contributed by atoms with Crippen molar-refractivity contribution < 1.29 is 4.39 Å². The van der Waals surface area contributed by atoms with Crippen molar-refractivity contribution in [3.63, 3.8) is 0 Å². The zero-order valence-corrected chi connectivity index (χ0v) is 11.5. The molecule has 0 saturated heterocycles. The Kier molecular flexibility index (Phi) is 4.18. The number of benzene rings is 1. The molecule has 6 heteroatoms. The number of nitrogens with zero attached hydrogens (tertiary/aromatic N) is 1. The number of hydrogen-bond donors (Lipinski definition) is 4. The number of pyridine rings is 1. The maximum Gasteiger partial charge on any atom is 0.133 e. The SMILES string of the molecule is CN/C=C(\C=N)c1cnc(N)c(-c2ccc(N)cc2F)c1. The molecule has 6 N–H and O–H groups in total. The van der Waals surface area contributed by atoms with Crippen molar-refractivity contribution in [2.45, 2.75) is 0 Å². The summed E-state index contributed by atoms with van der Waals surface area (Å²) in [6.07, 6.45) is 4.39. The second-order valence-corrected chi connectivity index (χ2v) is 4.43. The van der Waals surface area contributed by atoms with E-state index >= 15 is 0 Å². The van der Waals surface area contributed by atoms with Gasteiger partial charge in [0.1, 0.15) is 11.6 Å². The number of nitrogen functional groups attached to an aromatic ring is 2. The molecule has 21 heavy (non-hydrogen) atoms. The van der Waals surface area contributed by atoms with Crippen LogP contribution in [0, 0.1) is 11.2 Å². The van der Waals surface area contributed by atoms with Crippen molar-refractivity contribution in [3.05, 3.63) is 48.0 Å². The molecule has 1 aromatic carbocycles. The van der Waals surface area contributed by atoms with Crippen LogP contribution in [-0.2, 0) is 0 Å². The topological polar surface area (TPSA) is 101 Å². The van der Waals surface area contributed by atoms with E-state index in [-0.39, 0.29) is 5.82 Å². The summed E-state index contributed by atoms with van der Waals surface area (Å²) < 4.78 is 14.0. The molecule has 1 heterocycles. The van der Waals surface area contributed by atoms with Crippen LogP contribution in [-0.4, -0.2) is 18.2 Å². The average Bonchev–Trinajstić information content (AvgIpc) is 2.46. The van der Waals surface area contributed by atoms with Crippen molar-refractivity contribution in [3.8, 4) is 11.1 Å². The minimum atomic E-state index is -0.463. The zero-order chi connectivity index (χ0) is 15.4. The number of rotatable bonds is 4. The van der Waals surface area contributed by atoms with Crippen molar-refractivity contribution in [2.75, 3.05) is 18.5 Å². The third kappa shape index (κ3) is 3.00. The standard InChI is InChI=1S/C15H16FN5/c1-20-7-10(6-17)9-4-13(15(19)21-8-9)12-3-2-11(18)5-14(12)16/h2-8,17,20H,18H2,1H3,(H2,19,21)/b10-7+,17-6?. The number of halogens is 1. The third-order valence-corrected chi connectivity index (χ3v) is 2.99. The molecule has 0 bridgehead atoms. The van der Waals surface area contributed by atoms with Gasteiger partial charge in [0.05, 0.1) is 0 Å². The number of aromatic nitrogens is 1. The van der Waals surface area contributed by atoms with Crippen LogP contribution < -0.4 is 16.8 Å². The van der Waals surface area contributed by atoms with E-state index in [1.807, 2.05) is 0 Å². The lowest BCUT2D eigenvalue weighted by molar-refractivity contribution is 0.632. The Hall–Kier alpha value is -2.89. The van der Waals surface area contributed by atoms with Gasteiger partial charge in [-0.2, -0.15) is 0 Å². The van der Waals surface area contributed by atoms with E-state index in [1.165, 1.54) is 12.3 Å². The van der Waals surface area contributed by atoms with Crippen LogP contribution in [0.4, 0.5) is 15.9 Å². The van der Waals surface area contributed by atoms with Crippen LogP contribution in [0.15, 0.2) is 36.7 Å². The second kappa shape index (κ2) is 6.04. The Morgan fingerprint density at radius 3 is 2.67 bits per heavy atom. The molecule has 0 unspecified atom stereocenters. The van der Waals surface area contributed by atoms with E-state index in [1.54, 1.807) is 37.6 Å². The lowest BCUT2D eigenvalue weighted by Crippen LogP contribution is -2.01. The monoisotopic (exact) mass is 285 g/mol. The van der Waals surface area contributed by atoms with Crippen LogP contribution in [0.3, 0.4) is 0 Å². The first-order chi connectivity index (χ1) is 10.1. The fourth-order valence-electron chi connectivity index (χ4n) is 1.96. The summed E-state index contributed by atoms with van der Waals surface area (Å²) in [7, 11) is 1.73. The van der Waals surface area contributed by atoms with E-state index in [0.29, 0.717) is 28.0 Å². The van der Waals surface area contributed by atoms with E-state index in [9.17, 15) is 4.39 Å². The van der Waals surface area contributed by atoms with Gasteiger partial charge >= 0.3 is 0 Å². The maximum absolute atomic E-state index is 14.0. The van der Waals surface area contributed by atoms with Gasteiger partial charge in [-0.05, 0) is 24.3 Å². The van der Waals surface area contributed by atoms with Gasteiger partial charge in [0, 0.05) is 53.6 Å². The van der Waals surface area contributed by atoms with Crippen LogP contribution in [0.25, 0.3) is 16.7 Å². The van der Waals surface area contributed by atoms with Crippen molar-refractivity contribution in [2.24, 2.45) is 0 Å². The third-order valence-electron chi connectivity index (χ3n) is 2.99. The summed E-state index contributed by atoms with van der Waals surface area (Å²) in [6.45, 7) is 0. The summed E-state index contributed by atoms with van der Waals surface area (Å²) in [5.41, 5.74) is 13.8. The molecular weight excluding hydrogens is 269 g/mol. The smallest absolute Gasteiger partial charge is 0.133 e. The summed E-state index contributed by atoms with van der Waals surface area (Å²) in [5, 5.41) is 10.3. The Morgan fingerprint density at radius 2 is 2.05 bits per heavy atom. The molecule has 0 fully saturated rings. The maximum atomic E-state index is 14.0. The molecule has 108 valence electrons. The molecule has 0 saturated carbocycles. The van der Waals surface area contributed by atoms with Gasteiger partial charge in [-0.15, -0.1) is 0 Å². The van der Waals surface area contributed by atoms with Gasteiger partial charge in [0.25, 0.3) is 0 Å². The summed E-state index contributed by atoms with van der Waals surface area (Å²) >= 11 is 0. The summed E-state index contributed by atoms with van der Waals surface area (Å²) in [5.74, 6) is -0.245. The highest BCUT2D eigenvalue weighted by molar-refractivity contribution is 6.08. The molecule has 0 aliphatic rings. The number of hydrogen-bond acceptors (Lipinski definition) is 5. The highest BCUT2D eigenvalue weighted by Gasteiger charge is 2.12. The fourth-order valence-corrected chi connectivity index (χ4v) is 1.96. The Bertz CT molecular complexity index is 709. The van der Waals surface area contributed by atoms with E-state index in [4.69, 9.17) is 16.9 Å². The van der Waals surface area contributed by atoms with Gasteiger partial charge in [0.2, 0.25) is 0 Å². The molecule has 0 aliphatic heterocycles. The lowest BCUT2D eigenvalue weighted by Gasteiger charge is -2.10. The zero-order valence-electron chi connectivity index (χ0n) is 11.5. The van der Waals surface area contributed by atoms with Crippen molar-refractivity contribution in [1.82, 2.24) is 10.3 Å². The molecule has 0 radical (unpaired) electrons. The van der Waals surface area contributed by atoms with Crippen molar-refractivity contribution in [1.29, 1.82) is 5.41 Å². The first-order valence-corrected chi connectivity index (χ1v) is 6.26. The molecule has 2 rings (SSSR count). The molecular formula is C15H16FN5. The molecule has 1 aromatic heterocycles. The van der Waals surface area contributed by atoms with E-state index in [2.05, 4.69) is 10.3 Å². The largest absolute Gasteiger partial charge is 0.399 e. The summed E-state index contributed by atoms with van der Waals surface area (Å²) in [4.78, 5) is 4.08. The highest BCUT2D eigenvalue weighted by atomic mass is 19.1. The van der Waals surface area contributed by atoms with Crippen molar-refractivity contribution >= 4 is 23.3 Å². The molecule has 0 spiro atoms. The van der Waals surface area contributed by atoms with Gasteiger partial charge < -0.3 is 22.2 Å². The Morgan fingerprint density at radius 1 is 1.29 bits per heavy atom. The van der Waals surface area contributed by atoms with E-state index < -0.39 is 5.82 Å². The van der Waals surface area contributed by atoms with E-state index in [0.717, 1.165) is 0 Å². The normalized spacial score (nSPS) is 11.2. The van der Waals surface area contributed by atoms with Crippen LogP contribution in [0.2, 0.25) is 0 Å². The predicted octanol–water partition coefficient (Wildman–Crippen LogP) is 2.26. The highest BCUT2D eigenvalue weighted by Crippen LogP contribution is 2.30. The first-order valence-electron chi connectivity index (χ1n) is 6.26. The number of anilines is 2. The molecule has 5 nitrogen and oxygen atoms in total. The predicted molar refractivity (Wildman–Crippen MR) is 84.3 cm³/mol. The Balaban J connectivity index is 2.59. The van der Waals surface area contributed by atoms with Gasteiger partial charge in [0.15, 0.2) is 0 Å². The minimum Gasteiger partial charge on any atom is -0.399 e. The summed E-state index contributed by atoms with van der Waals surface area (Å²) in [6, 6.07) is 6.10. The second-order valence-electron chi connectivity index (χ2n) is 4.43.